The number of carbonyl (C=O) groups is 1. The molecule has 0 radical (unpaired) electrons. The Hall–Kier alpha value is -1.74. The molecular formula is C21H25BrN2O4S. The molecule has 8 heteroatoms. The predicted octanol–water partition coefficient (Wildman–Crippen LogP) is 3.44. The van der Waals surface area contributed by atoms with Crippen LogP contribution in [-0.4, -0.2) is 56.4 Å². The van der Waals surface area contributed by atoms with Crippen LogP contribution in [0.5, 0.6) is 0 Å². The zero-order valence-electron chi connectivity index (χ0n) is 16.6. The van der Waals surface area contributed by atoms with Crippen molar-refractivity contribution in [2.75, 3.05) is 32.8 Å². The first-order valence-electron chi connectivity index (χ1n) is 9.56. The number of nitrogens with zero attached hydrogens (tertiary/aromatic N) is 2. The van der Waals surface area contributed by atoms with E-state index in [1.807, 2.05) is 12.1 Å². The lowest BCUT2D eigenvalue weighted by Gasteiger charge is -2.34. The van der Waals surface area contributed by atoms with Gasteiger partial charge in [-0.1, -0.05) is 24.3 Å². The summed E-state index contributed by atoms with van der Waals surface area (Å²) in [6.45, 7) is 7.11. The topological polar surface area (TPSA) is 66.9 Å². The summed E-state index contributed by atoms with van der Waals surface area (Å²) in [5, 5.41) is 0. The van der Waals surface area contributed by atoms with Crippen LogP contribution in [0.25, 0.3) is 0 Å². The lowest BCUT2D eigenvalue weighted by atomic mass is 10.1. The molecule has 2 aromatic carbocycles. The summed E-state index contributed by atoms with van der Waals surface area (Å²) < 4.78 is 33.0. The Labute approximate surface area is 180 Å². The van der Waals surface area contributed by atoms with E-state index in [-0.39, 0.29) is 11.5 Å². The van der Waals surface area contributed by atoms with Crippen molar-refractivity contribution < 1.29 is 17.9 Å². The highest BCUT2D eigenvalue weighted by molar-refractivity contribution is 9.10. The van der Waals surface area contributed by atoms with Crippen LogP contribution >= 0.6 is 15.9 Å². The average molecular weight is 481 g/mol. The summed E-state index contributed by atoms with van der Waals surface area (Å²) in [6, 6.07) is 12.7. The molecule has 156 valence electrons. The second-order valence-corrected chi connectivity index (χ2v) is 9.73. The van der Waals surface area contributed by atoms with Crippen molar-refractivity contribution in [2.24, 2.45) is 0 Å². The first-order valence-corrected chi connectivity index (χ1v) is 11.8. The Balaban J connectivity index is 1.68. The van der Waals surface area contributed by atoms with Gasteiger partial charge in [-0.05, 0) is 59.1 Å². The highest BCUT2D eigenvalue weighted by Gasteiger charge is 2.30. The van der Waals surface area contributed by atoms with Gasteiger partial charge in [0.1, 0.15) is 0 Å². The maximum absolute atomic E-state index is 13.1. The van der Waals surface area contributed by atoms with E-state index in [0.717, 1.165) is 6.54 Å². The van der Waals surface area contributed by atoms with E-state index in [4.69, 9.17) is 4.74 Å². The van der Waals surface area contributed by atoms with Crippen molar-refractivity contribution in [3.63, 3.8) is 0 Å². The standard InChI is InChI=1S/C21H25BrN2O4S/c1-3-28-21(25)17-8-9-20(19(22)14-17)29(26,27)24-12-10-23(11-13-24)15-18-7-5-4-6-16(18)2/h4-9,14H,3,10-13,15H2,1-2H3. The van der Waals surface area contributed by atoms with Crippen molar-refractivity contribution in [3.05, 3.63) is 63.6 Å². The van der Waals surface area contributed by atoms with Gasteiger partial charge in [0.25, 0.3) is 0 Å². The van der Waals surface area contributed by atoms with E-state index in [0.29, 0.717) is 36.2 Å². The number of ether oxygens (including phenoxy) is 1. The Morgan fingerprint density at radius 3 is 2.41 bits per heavy atom. The highest BCUT2D eigenvalue weighted by Crippen LogP contribution is 2.27. The van der Waals surface area contributed by atoms with Gasteiger partial charge in [0.2, 0.25) is 10.0 Å². The molecule has 1 aliphatic heterocycles. The summed E-state index contributed by atoms with van der Waals surface area (Å²) in [5.41, 5.74) is 2.83. The summed E-state index contributed by atoms with van der Waals surface area (Å²) in [4.78, 5) is 14.3. The van der Waals surface area contributed by atoms with Crippen LogP contribution in [0.2, 0.25) is 0 Å². The van der Waals surface area contributed by atoms with Gasteiger partial charge in [0.05, 0.1) is 17.1 Å². The van der Waals surface area contributed by atoms with Crippen LogP contribution in [0.15, 0.2) is 51.8 Å². The van der Waals surface area contributed by atoms with E-state index in [1.54, 1.807) is 6.92 Å². The predicted molar refractivity (Wildman–Crippen MR) is 115 cm³/mol. The van der Waals surface area contributed by atoms with Crippen molar-refractivity contribution in [3.8, 4) is 0 Å². The van der Waals surface area contributed by atoms with Crippen molar-refractivity contribution in [1.82, 2.24) is 9.21 Å². The highest BCUT2D eigenvalue weighted by atomic mass is 79.9. The first kappa shape index (κ1) is 22.0. The minimum absolute atomic E-state index is 0.165. The van der Waals surface area contributed by atoms with Gasteiger partial charge in [-0.3, -0.25) is 4.90 Å². The van der Waals surface area contributed by atoms with Gasteiger partial charge in [0.15, 0.2) is 0 Å². The number of rotatable bonds is 6. The van der Waals surface area contributed by atoms with Gasteiger partial charge in [-0.25, -0.2) is 13.2 Å². The van der Waals surface area contributed by atoms with Gasteiger partial charge < -0.3 is 4.74 Å². The molecule has 0 unspecified atom stereocenters. The molecule has 0 bridgehead atoms. The van der Waals surface area contributed by atoms with E-state index in [1.165, 1.54) is 33.6 Å². The lowest BCUT2D eigenvalue weighted by Crippen LogP contribution is -2.48. The zero-order valence-corrected chi connectivity index (χ0v) is 19.0. The Bertz CT molecular complexity index is 986. The smallest absolute Gasteiger partial charge is 0.338 e. The number of hydrogen-bond donors (Lipinski definition) is 0. The third-order valence-electron chi connectivity index (χ3n) is 5.05. The summed E-state index contributed by atoms with van der Waals surface area (Å²) in [7, 11) is -3.64. The molecule has 1 aliphatic rings. The quantitative estimate of drug-likeness (QED) is 0.592. The molecule has 1 saturated heterocycles. The maximum Gasteiger partial charge on any atom is 0.338 e. The van der Waals surface area contributed by atoms with Crippen molar-refractivity contribution in [1.29, 1.82) is 0 Å². The first-order chi connectivity index (χ1) is 13.8. The number of carbonyl (C=O) groups excluding carboxylic acids is 1. The molecule has 0 N–H and O–H groups in total. The number of esters is 1. The molecule has 2 aromatic rings. The molecule has 0 saturated carbocycles. The van der Waals surface area contributed by atoms with Crippen LogP contribution in [0, 0.1) is 6.92 Å². The number of hydrogen-bond acceptors (Lipinski definition) is 5. The van der Waals surface area contributed by atoms with E-state index < -0.39 is 16.0 Å². The molecular weight excluding hydrogens is 456 g/mol. The summed E-state index contributed by atoms with van der Waals surface area (Å²) >= 11 is 3.31. The van der Waals surface area contributed by atoms with Crippen LogP contribution in [0.4, 0.5) is 0 Å². The number of aryl methyl sites for hydroxylation is 1. The third-order valence-corrected chi connectivity index (χ3v) is 7.92. The van der Waals surface area contributed by atoms with Crippen LogP contribution in [0.3, 0.4) is 0 Å². The third kappa shape index (κ3) is 5.06. The fourth-order valence-corrected chi connectivity index (χ4v) is 5.81. The molecule has 0 aromatic heterocycles. The minimum atomic E-state index is -3.64. The molecule has 0 amide bonds. The number of benzene rings is 2. The van der Waals surface area contributed by atoms with Crippen LogP contribution in [0.1, 0.15) is 28.4 Å². The molecule has 1 fully saturated rings. The zero-order chi connectivity index (χ0) is 21.0. The van der Waals surface area contributed by atoms with Gasteiger partial charge >= 0.3 is 5.97 Å². The normalized spacial score (nSPS) is 16.0. The van der Waals surface area contributed by atoms with Crippen LogP contribution in [-0.2, 0) is 21.3 Å². The summed E-state index contributed by atoms with van der Waals surface area (Å²) in [6.07, 6.45) is 0. The fraction of sp³-hybridized carbons (Fsp3) is 0.381. The Kier molecular flexibility index (Phi) is 7.10. The Morgan fingerprint density at radius 2 is 1.79 bits per heavy atom. The molecule has 29 heavy (non-hydrogen) atoms. The van der Waals surface area contributed by atoms with Crippen molar-refractivity contribution >= 4 is 31.9 Å². The lowest BCUT2D eigenvalue weighted by molar-refractivity contribution is 0.0526. The van der Waals surface area contributed by atoms with Crippen LogP contribution < -0.4 is 0 Å². The molecule has 0 aliphatic carbocycles. The van der Waals surface area contributed by atoms with Gasteiger partial charge in [-0.2, -0.15) is 4.31 Å². The Morgan fingerprint density at radius 1 is 1.10 bits per heavy atom. The maximum atomic E-state index is 13.1. The largest absolute Gasteiger partial charge is 0.462 e. The average Bonchev–Trinajstić information content (AvgIpc) is 2.70. The molecule has 0 spiro atoms. The SMILES string of the molecule is CCOC(=O)c1ccc(S(=O)(=O)N2CCN(Cc3ccccc3C)CC2)c(Br)c1. The van der Waals surface area contributed by atoms with Gasteiger partial charge in [-0.15, -0.1) is 0 Å². The molecule has 3 rings (SSSR count). The van der Waals surface area contributed by atoms with Crippen molar-refractivity contribution in [2.45, 2.75) is 25.3 Å². The molecule has 6 nitrogen and oxygen atoms in total. The number of halogens is 1. The van der Waals surface area contributed by atoms with E-state index in [2.05, 4.69) is 39.9 Å². The van der Waals surface area contributed by atoms with E-state index >= 15 is 0 Å². The second kappa shape index (κ2) is 9.38. The molecule has 0 atom stereocenters. The number of sulfonamides is 1. The second-order valence-electron chi connectivity index (χ2n) is 6.97. The van der Waals surface area contributed by atoms with Gasteiger partial charge in [0, 0.05) is 37.2 Å². The fourth-order valence-electron chi connectivity index (χ4n) is 3.35. The minimum Gasteiger partial charge on any atom is -0.462 e. The number of piperazine rings is 1. The summed E-state index contributed by atoms with van der Waals surface area (Å²) in [5.74, 6) is -0.470. The monoisotopic (exact) mass is 480 g/mol. The molecule has 1 heterocycles. The van der Waals surface area contributed by atoms with E-state index in [9.17, 15) is 13.2 Å².